The number of unbranched alkanes of at least 4 members (excludes halogenated alkanes) is 37. The van der Waals surface area contributed by atoms with Crippen molar-refractivity contribution in [1.29, 1.82) is 0 Å². The van der Waals surface area contributed by atoms with Crippen LogP contribution in [-0.2, 0) is 28.6 Å². The monoisotopic (exact) mass is 863 g/mol. The van der Waals surface area contributed by atoms with Crippen LogP contribution in [0.25, 0.3) is 0 Å². The molecule has 6 heteroatoms. The molecule has 0 aliphatic heterocycles. The molecule has 0 saturated carbocycles. The zero-order chi connectivity index (χ0) is 44.5. The molecule has 0 saturated heterocycles. The minimum absolute atomic E-state index is 0.0622. The predicted octanol–water partition coefficient (Wildman–Crippen LogP) is 17.8. The Morgan fingerprint density at radius 3 is 0.803 bits per heavy atom. The Morgan fingerprint density at radius 1 is 0.311 bits per heavy atom. The van der Waals surface area contributed by atoms with Gasteiger partial charge in [-0.15, -0.1) is 0 Å². The molecule has 0 aromatic carbocycles. The third-order valence-electron chi connectivity index (χ3n) is 12.5. The molecule has 0 radical (unpaired) electrons. The van der Waals surface area contributed by atoms with Gasteiger partial charge in [0.05, 0.1) is 0 Å². The second kappa shape index (κ2) is 49.4. The van der Waals surface area contributed by atoms with Crippen molar-refractivity contribution in [3.05, 3.63) is 0 Å². The van der Waals surface area contributed by atoms with E-state index in [0.29, 0.717) is 19.3 Å². The lowest BCUT2D eigenvalue weighted by Crippen LogP contribution is -2.30. The summed E-state index contributed by atoms with van der Waals surface area (Å²) >= 11 is 0. The largest absolute Gasteiger partial charge is 0.462 e. The summed E-state index contributed by atoms with van der Waals surface area (Å²) in [4.78, 5) is 38.0. The van der Waals surface area contributed by atoms with E-state index in [2.05, 4.69) is 27.7 Å². The standard InChI is InChI=1S/C55H106O6/c1-5-7-9-11-13-15-17-19-23-27-30-34-38-42-46-53(56)59-49-52(61-55(58)48-44-40-36-32-26-18-16-14-12-10-8-6-2)50-60-54(57)47-43-39-35-31-28-24-21-20-22-25-29-33-37-41-45-51(3)4/h51-52H,5-50H2,1-4H3/t52-/m1/s1. The molecule has 0 heterocycles. The van der Waals surface area contributed by atoms with Gasteiger partial charge >= 0.3 is 17.9 Å². The van der Waals surface area contributed by atoms with Gasteiger partial charge in [0.2, 0.25) is 0 Å². The summed E-state index contributed by atoms with van der Waals surface area (Å²) in [5.74, 6) is 0.00543. The van der Waals surface area contributed by atoms with Crippen molar-refractivity contribution in [3.8, 4) is 0 Å². The lowest BCUT2D eigenvalue weighted by Gasteiger charge is -2.18. The number of hydrogen-bond donors (Lipinski definition) is 0. The molecule has 0 spiro atoms. The Labute approximate surface area is 380 Å². The van der Waals surface area contributed by atoms with Gasteiger partial charge in [0.15, 0.2) is 6.10 Å². The van der Waals surface area contributed by atoms with Crippen molar-refractivity contribution in [2.75, 3.05) is 13.2 Å². The first kappa shape index (κ1) is 59.4. The van der Waals surface area contributed by atoms with Crippen molar-refractivity contribution in [3.63, 3.8) is 0 Å². The third kappa shape index (κ3) is 49.3. The number of carbonyl (C=O) groups excluding carboxylic acids is 3. The Hall–Kier alpha value is -1.59. The van der Waals surface area contributed by atoms with Gasteiger partial charge in [0, 0.05) is 19.3 Å². The van der Waals surface area contributed by atoms with E-state index in [1.807, 2.05) is 0 Å². The maximum absolute atomic E-state index is 12.8. The molecule has 0 aliphatic carbocycles. The second-order valence-electron chi connectivity index (χ2n) is 19.3. The van der Waals surface area contributed by atoms with Crippen molar-refractivity contribution in [2.24, 2.45) is 5.92 Å². The number of carbonyl (C=O) groups is 3. The number of ether oxygens (including phenoxy) is 3. The Morgan fingerprint density at radius 2 is 0.541 bits per heavy atom. The molecule has 0 rings (SSSR count). The molecular weight excluding hydrogens is 757 g/mol. The van der Waals surface area contributed by atoms with E-state index in [1.165, 1.54) is 205 Å². The zero-order valence-corrected chi connectivity index (χ0v) is 41.6. The summed E-state index contributed by atoms with van der Waals surface area (Å²) in [6, 6.07) is 0. The van der Waals surface area contributed by atoms with E-state index < -0.39 is 6.10 Å². The summed E-state index contributed by atoms with van der Waals surface area (Å²) in [5, 5.41) is 0. The number of rotatable bonds is 50. The maximum Gasteiger partial charge on any atom is 0.306 e. The minimum Gasteiger partial charge on any atom is -0.462 e. The topological polar surface area (TPSA) is 78.9 Å². The molecular formula is C55H106O6. The molecule has 0 aromatic rings. The van der Waals surface area contributed by atoms with Crippen LogP contribution in [0, 0.1) is 5.92 Å². The van der Waals surface area contributed by atoms with Crippen molar-refractivity contribution in [2.45, 2.75) is 316 Å². The van der Waals surface area contributed by atoms with Gasteiger partial charge in [-0.2, -0.15) is 0 Å². The van der Waals surface area contributed by atoms with Crippen LogP contribution >= 0.6 is 0 Å². The molecule has 1 atom stereocenters. The van der Waals surface area contributed by atoms with Crippen LogP contribution in [0.15, 0.2) is 0 Å². The zero-order valence-electron chi connectivity index (χ0n) is 41.6. The molecule has 6 nitrogen and oxygen atoms in total. The van der Waals surface area contributed by atoms with Gasteiger partial charge in [-0.1, -0.05) is 272 Å². The molecule has 0 N–H and O–H groups in total. The van der Waals surface area contributed by atoms with Gasteiger partial charge in [-0.3, -0.25) is 14.4 Å². The summed E-state index contributed by atoms with van der Waals surface area (Å²) in [6.45, 7) is 9.05. The van der Waals surface area contributed by atoms with Crippen molar-refractivity contribution >= 4 is 17.9 Å². The molecule has 61 heavy (non-hydrogen) atoms. The Balaban J connectivity index is 4.28. The first-order valence-electron chi connectivity index (χ1n) is 27.4. The van der Waals surface area contributed by atoms with Crippen molar-refractivity contribution in [1.82, 2.24) is 0 Å². The van der Waals surface area contributed by atoms with Crippen LogP contribution in [0.4, 0.5) is 0 Å². The lowest BCUT2D eigenvalue weighted by molar-refractivity contribution is -0.167. The van der Waals surface area contributed by atoms with Gasteiger partial charge in [0.1, 0.15) is 13.2 Å². The summed E-state index contributed by atoms with van der Waals surface area (Å²) in [6.07, 6.45) is 52.3. The van der Waals surface area contributed by atoms with Crippen LogP contribution in [0.5, 0.6) is 0 Å². The minimum atomic E-state index is -0.760. The van der Waals surface area contributed by atoms with E-state index >= 15 is 0 Å². The Bertz CT molecular complexity index is 918. The van der Waals surface area contributed by atoms with Crippen LogP contribution in [0.1, 0.15) is 310 Å². The van der Waals surface area contributed by atoms with E-state index in [1.54, 1.807) is 0 Å². The van der Waals surface area contributed by atoms with E-state index in [9.17, 15) is 14.4 Å². The van der Waals surface area contributed by atoms with Gasteiger partial charge in [-0.25, -0.2) is 0 Å². The fourth-order valence-corrected chi connectivity index (χ4v) is 8.39. The fraction of sp³-hybridized carbons (Fsp3) is 0.945. The first-order chi connectivity index (χ1) is 29.9. The molecule has 0 bridgehead atoms. The highest BCUT2D eigenvalue weighted by molar-refractivity contribution is 5.71. The quantitative estimate of drug-likeness (QED) is 0.0344. The van der Waals surface area contributed by atoms with Gasteiger partial charge < -0.3 is 14.2 Å². The average Bonchev–Trinajstić information content (AvgIpc) is 3.24. The summed E-state index contributed by atoms with van der Waals surface area (Å²) in [7, 11) is 0. The third-order valence-corrected chi connectivity index (χ3v) is 12.5. The van der Waals surface area contributed by atoms with Crippen LogP contribution in [-0.4, -0.2) is 37.2 Å². The van der Waals surface area contributed by atoms with Crippen LogP contribution < -0.4 is 0 Å². The van der Waals surface area contributed by atoms with Crippen molar-refractivity contribution < 1.29 is 28.6 Å². The van der Waals surface area contributed by atoms with E-state index in [0.717, 1.165) is 63.7 Å². The summed E-state index contributed by atoms with van der Waals surface area (Å²) in [5.41, 5.74) is 0. The van der Waals surface area contributed by atoms with Crippen LogP contribution in [0.2, 0.25) is 0 Å². The molecule has 0 aromatic heterocycles. The van der Waals surface area contributed by atoms with E-state index in [-0.39, 0.29) is 31.1 Å². The maximum atomic E-state index is 12.8. The molecule has 0 amide bonds. The molecule has 0 aliphatic rings. The van der Waals surface area contributed by atoms with Gasteiger partial charge in [0.25, 0.3) is 0 Å². The van der Waals surface area contributed by atoms with Gasteiger partial charge in [-0.05, 0) is 25.2 Å². The molecule has 0 fully saturated rings. The smallest absolute Gasteiger partial charge is 0.306 e. The highest BCUT2D eigenvalue weighted by Gasteiger charge is 2.19. The first-order valence-corrected chi connectivity index (χ1v) is 27.4. The lowest BCUT2D eigenvalue weighted by atomic mass is 10.0. The Kier molecular flexibility index (Phi) is 48.1. The summed E-state index contributed by atoms with van der Waals surface area (Å²) < 4.78 is 16.8. The fourth-order valence-electron chi connectivity index (χ4n) is 8.39. The highest BCUT2D eigenvalue weighted by atomic mass is 16.6. The number of esters is 3. The predicted molar refractivity (Wildman–Crippen MR) is 261 cm³/mol. The highest BCUT2D eigenvalue weighted by Crippen LogP contribution is 2.17. The van der Waals surface area contributed by atoms with Crippen LogP contribution in [0.3, 0.4) is 0 Å². The second-order valence-corrected chi connectivity index (χ2v) is 19.3. The molecule has 0 unspecified atom stereocenters. The SMILES string of the molecule is CCCCCCCCCCCCCCCCC(=O)OC[C@H](COC(=O)CCCCCCCCCCCCCCCCC(C)C)OC(=O)CCCCCCCCCCCCCC. The van der Waals surface area contributed by atoms with E-state index in [4.69, 9.17) is 14.2 Å². The number of hydrogen-bond acceptors (Lipinski definition) is 6. The average molecular weight is 863 g/mol. The molecule has 362 valence electrons. The normalized spacial score (nSPS) is 12.0.